The molecule has 3 rings (SSSR count). The summed E-state index contributed by atoms with van der Waals surface area (Å²) in [6.45, 7) is 6.20. The van der Waals surface area contributed by atoms with Crippen molar-refractivity contribution < 1.29 is 4.74 Å². The number of anilines is 1. The zero-order valence-corrected chi connectivity index (χ0v) is 12.7. The first-order valence-electron chi connectivity index (χ1n) is 6.84. The van der Waals surface area contributed by atoms with E-state index in [4.69, 9.17) is 9.72 Å². The quantitative estimate of drug-likeness (QED) is 0.942. The van der Waals surface area contributed by atoms with Crippen LogP contribution in [-0.2, 0) is 0 Å². The van der Waals surface area contributed by atoms with Gasteiger partial charge in [0, 0.05) is 37.1 Å². The molecule has 1 saturated heterocycles. The van der Waals surface area contributed by atoms with Gasteiger partial charge in [-0.2, -0.15) is 0 Å². The third-order valence-electron chi connectivity index (χ3n) is 3.51. The summed E-state index contributed by atoms with van der Waals surface area (Å²) >= 11 is 1.71. The molecule has 0 saturated carbocycles. The lowest BCUT2D eigenvalue weighted by atomic mass is 10.1. The Balaban J connectivity index is 1.91. The maximum Gasteiger partial charge on any atom is 0.185 e. The second kappa shape index (κ2) is 5.81. The number of rotatable bonds is 3. The van der Waals surface area contributed by atoms with Crippen LogP contribution in [-0.4, -0.2) is 38.3 Å². The lowest BCUT2D eigenvalue weighted by molar-refractivity contribution is 0.416. The predicted molar refractivity (Wildman–Crippen MR) is 83.9 cm³/mol. The van der Waals surface area contributed by atoms with E-state index in [-0.39, 0.29) is 0 Å². The van der Waals surface area contributed by atoms with Crippen LogP contribution >= 0.6 is 11.3 Å². The number of nitrogens with zero attached hydrogens (tertiary/aromatic N) is 2. The fraction of sp³-hybridized carbons (Fsp3) is 0.400. The zero-order chi connectivity index (χ0) is 13.9. The molecule has 1 fully saturated rings. The van der Waals surface area contributed by atoms with Crippen molar-refractivity contribution in [3.05, 3.63) is 29.1 Å². The maximum absolute atomic E-state index is 5.45. The van der Waals surface area contributed by atoms with Crippen LogP contribution < -0.4 is 15.0 Å². The van der Waals surface area contributed by atoms with Crippen LogP contribution in [0.25, 0.3) is 11.3 Å². The normalized spacial score (nSPS) is 15.4. The SMILES string of the molecule is COc1ccc(C)cc1-c1csc(N2CCNCC2)n1. The summed E-state index contributed by atoms with van der Waals surface area (Å²) in [4.78, 5) is 7.13. The average Bonchev–Trinajstić information content (AvgIpc) is 2.98. The molecular weight excluding hydrogens is 270 g/mol. The van der Waals surface area contributed by atoms with Crippen LogP contribution in [0.5, 0.6) is 5.75 Å². The lowest BCUT2D eigenvalue weighted by Crippen LogP contribution is -2.43. The van der Waals surface area contributed by atoms with Crippen molar-refractivity contribution in [1.29, 1.82) is 0 Å². The van der Waals surface area contributed by atoms with Crippen LogP contribution in [0, 0.1) is 6.92 Å². The summed E-state index contributed by atoms with van der Waals surface area (Å²) in [5.74, 6) is 0.882. The van der Waals surface area contributed by atoms with Crippen LogP contribution in [0.1, 0.15) is 5.56 Å². The van der Waals surface area contributed by atoms with Crippen LogP contribution in [0.4, 0.5) is 5.13 Å². The van der Waals surface area contributed by atoms with Gasteiger partial charge in [0.15, 0.2) is 5.13 Å². The monoisotopic (exact) mass is 289 g/mol. The molecule has 0 unspecified atom stereocenters. The number of hydrogen-bond donors (Lipinski definition) is 1. The average molecular weight is 289 g/mol. The lowest BCUT2D eigenvalue weighted by Gasteiger charge is -2.26. The number of thiazole rings is 1. The van der Waals surface area contributed by atoms with Gasteiger partial charge in [-0.1, -0.05) is 11.6 Å². The largest absolute Gasteiger partial charge is 0.496 e. The second-order valence-corrected chi connectivity index (χ2v) is 5.79. The Morgan fingerprint density at radius 1 is 1.30 bits per heavy atom. The number of aromatic nitrogens is 1. The fourth-order valence-corrected chi connectivity index (χ4v) is 3.29. The Bertz CT molecular complexity index is 591. The first-order valence-corrected chi connectivity index (χ1v) is 7.72. The predicted octanol–water partition coefficient (Wildman–Crippen LogP) is 2.54. The summed E-state index contributed by atoms with van der Waals surface area (Å²) in [7, 11) is 1.71. The smallest absolute Gasteiger partial charge is 0.185 e. The van der Waals surface area contributed by atoms with E-state index < -0.39 is 0 Å². The van der Waals surface area contributed by atoms with Gasteiger partial charge in [-0.15, -0.1) is 11.3 Å². The van der Waals surface area contributed by atoms with E-state index in [1.165, 1.54) is 5.56 Å². The molecule has 4 nitrogen and oxygen atoms in total. The molecule has 1 aromatic heterocycles. The Hall–Kier alpha value is -1.59. The second-order valence-electron chi connectivity index (χ2n) is 4.96. The van der Waals surface area contributed by atoms with Gasteiger partial charge in [0.2, 0.25) is 0 Å². The van der Waals surface area contributed by atoms with E-state index >= 15 is 0 Å². The summed E-state index contributed by atoms with van der Waals surface area (Å²) in [5.41, 5.74) is 3.30. The zero-order valence-electron chi connectivity index (χ0n) is 11.8. The highest BCUT2D eigenvalue weighted by atomic mass is 32.1. The van der Waals surface area contributed by atoms with E-state index in [9.17, 15) is 0 Å². The Morgan fingerprint density at radius 2 is 2.10 bits per heavy atom. The minimum absolute atomic E-state index is 0.882. The van der Waals surface area contributed by atoms with Gasteiger partial charge in [0.1, 0.15) is 5.75 Å². The van der Waals surface area contributed by atoms with E-state index in [0.717, 1.165) is 48.3 Å². The van der Waals surface area contributed by atoms with Crippen LogP contribution in [0.3, 0.4) is 0 Å². The standard InChI is InChI=1S/C15H19N3OS/c1-11-3-4-14(19-2)12(9-11)13-10-20-15(17-13)18-7-5-16-6-8-18/h3-4,9-10,16H,5-8H2,1-2H3. The number of nitrogens with one attached hydrogen (secondary N) is 1. The first-order chi connectivity index (χ1) is 9.78. The van der Waals surface area contributed by atoms with Crippen molar-refractivity contribution in [2.24, 2.45) is 0 Å². The topological polar surface area (TPSA) is 37.4 Å². The van der Waals surface area contributed by atoms with Gasteiger partial charge in [-0.3, -0.25) is 0 Å². The highest BCUT2D eigenvalue weighted by Crippen LogP contribution is 2.34. The third-order valence-corrected chi connectivity index (χ3v) is 4.41. The maximum atomic E-state index is 5.45. The molecule has 0 amide bonds. The molecular formula is C15H19N3OS. The Kier molecular flexibility index (Phi) is 3.89. The van der Waals surface area contributed by atoms with E-state index in [1.807, 2.05) is 6.07 Å². The minimum atomic E-state index is 0.882. The van der Waals surface area contributed by atoms with Crippen molar-refractivity contribution >= 4 is 16.5 Å². The van der Waals surface area contributed by atoms with Gasteiger partial charge in [0.25, 0.3) is 0 Å². The molecule has 0 aliphatic carbocycles. The molecule has 106 valence electrons. The molecule has 1 aliphatic heterocycles. The van der Waals surface area contributed by atoms with Crippen molar-refractivity contribution in [1.82, 2.24) is 10.3 Å². The fourth-order valence-electron chi connectivity index (χ4n) is 2.41. The number of hydrogen-bond acceptors (Lipinski definition) is 5. The molecule has 1 aliphatic rings. The molecule has 1 N–H and O–H groups in total. The van der Waals surface area contributed by atoms with Crippen LogP contribution in [0.15, 0.2) is 23.6 Å². The molecule has 5 heteroatoms. The summed E-state index contributed by atoms with van der Waals surface area (Å²) in [6, 6.07) is 6.20. The number of ether oxygens (including phenoxy) is 1. The summed E-state index contributed by atoms with van der Waals surface area (Å²) < 4.78 is 5.45. The van der Waals surface area contributed by atoms with Gasteiger partial charge >= 0.3 is 0 Å². The summed E-state index contributed by atoms with van der Waals surface area (Å²) in [5, 5.41) is 6.59. The first kappa shape index (κ1) is 13.4. The molecule has 2 aromatic rings. The molecule has 2 heterocycles. The highest BCUT2D eigenvalue weighted by Gasteiger charge is 2.16. The Morgan fingerprint density at radius 3 is 2.85 bits per heavy atom. The van der Waals surface area contributed by atoms with E-state index in [2.05, 4.69) is 34.7 Å². The summed E-state index contributed by atoms with van der Waals surface area (Å²) in [6.07, 6.45) is 0. The van der Waals surface area contributed by atoms with E-state index in [0.29, 0.717) is 0 Å². The van der Waals surface area contributed by atoms with Crippen molar-refractivity contribution in [2.45, 2.75) is 6.92 Å². The number of methoxy groups -OCH3 is 1. The molecule has 20 heavy (non-hydrogen) atoms. The molecule has 1 aromatic carbocycles. The molecule has 0 radical (unpaired) electrons. The van der Waals surface area contributed by atoms with Crippen molar-refractivity contribution in [2.75, 3.05) is 38.2 Å². The van der Waals surface area contributed by atoms with Crippen LogP contribution in [0.2, 0.25) is 0 Å². The van der Waals surface area contributed by atoms with Gasteiger partial charge < -0.3 is 15.0 Å². The molecule has 0 spiro atoms. The van der Waals surface area contributed by atoms with E-state index in [1.54, 1.807) is 18.4 Å². The van der Waals surface area contributed by atoms with Crippen molar-refractivity contribution in [3.63, 3.8) is 0 Å². The number of piperazine rings is 1. The molecule has 0 bridgehead atoms. The third kappa shape index (κ3) is 2.64. The van der Waals surface area contributed by atoms with Gasteiger partial charge in [-0.25, -0.2) is 4.98 Å². The Labute approximate surface area is 123 Å². The van der Waals surface area contributed by atoms with Gasteiger partial charge in [0.05, 0.1) is 12.8 Å². The highest BCUT2D eigenvalue weighted by molar-refractivity contribution is 7.14. The molecule has 0 atom stereocenters. The van der Waals surface area contributed by atoms with Gasteiger partial charge in [-0.05, 0) is 19.1 Å². The minimum Gasteiger partial charge on any atom is -0.496 e. The van der Waals surface area contributed by atoms with Crippen molar-refractivity contribution in [3.8, 4) is 17.0 Å². The number of aryl methyl sites for hydroxylation is 1. The number of benzene rings is 1.